The second-order valence-corrected chi connectivity index (χ2v) is 7.78. The molecular formula is C19H30N4O3. The van der Waals surface area contributed by atoms with Crippen molar-refractivity contribution < 1.29 is 14.3 Å². The number of benzene rings is 1. The molecule has 1 aliphatic heterocycles. The van der Waals surface area contributed by atoms with Crippen LogP contribution in [0.3, 0.4) is 0 Å². The maximum atomic E-state index is 12.2. The third-order valence-electron chi connectivity index (χ3n) is 4.12. The van der Waals surface area contributed by atoms with E-state index in [1.54, 1.807) is 4.90 Å². The minimum absolute atomic E-state index is 0.0507. The number of urea groups is 1. The predicted molar refractivity (Wildman–Crippen MR) is 104 cm³/mol. The van der Waals surface area contributed by atoms with E-state index in [1.807, 2.05) is 64.0 Å². The monoisotopic (exact) mass is 362 g/mol. The molecule has 0 unspecified atom stereocenters. The summed E-state index contributed by atoms with van der Waals surface area (Å²) in [5.74, 6) is 0. The molecule has 2 rings (SSSR count). The van der Waals surface area contributed by atoms with Crippen molar-refractivity contribution in [3.05, 3.63) is 24.3 Å². The number of ether oxygens (including phenoxy) is 1. The highest BCUT2D eigenvalue weighted by Crippen LogP contribution is 2.17. The summed E-state index contributed by atoms with van der Waals surface area (Å²) in [5, 5.41) is 5.82. The van der Waals surface area contributed by atoms with E-state index in [0.717, 1.165) is 11.4 Å². The number of hydrogen-bond donors (Lipinski definition) is 2. The minimum Gasteiger partial charge on any atom is -0.444 e. The van der Waals surface area contributed by atoms with Gasteiger partial charge in [-0.2, -0.15) is 0 Å². The molecule has 7 nitrogen and oxygen atoms in total. The van der Waals surface area contributed by atoms with Gasteiger partial charge in [-0.05, 0) is 57.9 Å². The summed E-state index contributed by atoms with van der Waals surface area (Å²) in [7, 11) is 3.94. The van der Waals surface area contributed by atoms with Gasteiger partial charge in [0.25, 0.3) is 0 Å². The predicted octanol–water partition coefficient (Wildman–Crippen LogP) is 3.27. The van der Waals surface area contributed by atoms with Crippen molar-refractivity contribution in [1.29, 1.82) is 0 Å². The molecule has 1 heterocycles. The Balaban J connectivity index is 1.76. The molecule has 1 fully saturated rings. The van der Waals surface area contributed by atoms with E-state index in [-0.39, 0.29) is 18.2 Å². The Kier molecular flexibility index (Phi) is 6.34. The van der Waals surface area contributed by atoms with Gasteiger partial charge < -0.3 is 25.2 Å². The van der Waals surface area contributed by atoms with E-state index in [2.05, 4.69) is 10.6 Å². The van der Waals surface area contributed by atoms with Gasteiger partial charge in [-0.15, -0.1) is 0 Å². The summed E-state index contributed by atoms with van der Waals surface area (Å²) >= 11 is 0. The van der Waals surface area contributed by atoms with Crippen LogP contribution in [0.5, 0.6) is 0 Å². The third-order valence-corrected chi connectivity index (χ3v) is 4.12. The first-order chi connectivity index (χ1) is 12.1. The fraction of sp³-hybridized carbons (Fsp3) is 0.579. The molecule has 0 bridgehead atoms. The van der Waals surface area contributed by atoms with Crippen LogP contribution in [0, 0.1) is 0 Å². The van der Waals surface area contributed by atoms with Crippen molar-refractivity contribution in [3.8, 4) is 0 Å². The first-order valence-electron chi connectivity index (χ1n) is 8.97. The summed E-state index contributed by atoms with van der Waals surface area (Å²) in [4.78, 5) is 27.9. The Bertz CT molecular complexity index is 615. The molecule has 1 aliphatic rings. The van der Waals surface area contributed by atoms with Gasteiger partial charge >= 0.3 is 12.1 Å². The van der Waals surface area contributed by atoms with Gasteiger partial charge in [-0.1, -0.05) is 0 Å². The number of nitrogens with zero attached hydrogens (tertiary/aromatic N) is 2. The van der Waals surface area contributed by atoms with Crippen LogP contribution in [0.15, 0.2) is 24.3 Å². The lowest BCUT2D eigenvalue weighted by molar-refractivity contribution is 0.0202. The van der Waals surface area contributed by atoms with Crippen molar-refractivity contribution >= 4 is 23.5 Å². The molecule has 7 heteroatoms. The topological polar surface area (TPSA) is 73.9 Å². The maximum absolute atomic E-state index is 12.2. The van der Waals surface area contributed by atoms with Crippen LogP contribution < -0.4 is 15.5 Å². The van der Waals surface area contributed by atoms with E-state index < -0.39 is 5.60 Å². The normalized spacial score (nSPS) is 15.3. The summed E-state index contributed by atoms with van der Waals surface area (Å²) < 4.78 is 5.38. The first-order valence-corrected chi connectivity index (χ1v) is 8.97. The lowest BCUT2D eigenvalue weighted by Gasteiger charge is -2.33. The summed E-state index contributed by atoms with van der Waals surface area (Å²) in [5.41, 5.74) is 1.33. The van der Waals surface area contributed by atoms with E-state index >= 15 is 0 Å². The van der Waals surface area contributed by atoms with Gasteiger partial charge in [0.05, 0.1) is 0 Å². The standard InChI is InChI=1S/C19H30N4O3/c1-19(2,3)26-18(25)23-12-10-15(11-13-23)21-17(24)20-14-6-8-16(9-7-14)22(4)5/h6-9,15H,10-13H2,1-5H3,(H2,20,21,24). The average Bonchev–Trinajstić information content (AvgIpc) is 2.54. The number of piperidine rings is 1. The van der Waals surface area contributed by atoms with E-state index in [9.17, 15) is 9.59 Å². The number of amides is 3. The number of anilines is 2. The molecule has 0 spiro atoms. The Morgan fingerprint density at radius 1 is 1.12 bits per heavy atom. The lowest BCUT2D eigenvalue weighted by atomic mass is 10.1. The highest BCUT2D eigenvalue weighted by atomic mass is 16.6. The summed E-state index contributed by atoms with van der Waals surface area (Å²) in [6.07, 6.45) is 1.14. The number of likely N-dealkylation sites (tertiary alicyclic amines) is 1. The van der Waals surface area contributed by atoms with Gasteiger partial charge in [0, 0.05) is 44.6 Å². The summed E-state index contributed by atoms with van der Waals surface area (Å²) in [6.45, 7) is 6.73. The van der Waals surface area contributed by atoms with Crippen LogP contribution in [0.25, 0.3) is 0 Å². The van der Waals surface area contributed by atoms with Gasteiger partial charge in [0.15, 0.2) is 0 Å². The molecule has 2 N–H and O–H groups in total. The first kappa shape index (κ1) is 19.9. The molecule has 3 amide bonds. The molecule has 0 saturated carbocycles. The second kappa shape index (κ2) is 8.29. The van der Waals surface area contributed by atoms with Gasteiger partial charge in [-0.25, -0.2) is 9.59 Å². The molecule has 0 radical (unpaired) electrons. The van der Waals surface area contributed by atoms with Crippen molar-refractivity contribution in [2.75, 3.05) is 37.4 Å². The van der Waals surface area contributed by atoms with Crippen LogP contribution in [0.4, 0.5) is 21.0 Å². The number of nitrogens with one attached hydrogen (secondary N) is 2. The van der Waals surface area contributed by atoms with Crippen LogP contribution >= 0.6 is 0 Å². The van der Waals surface area contributed by atoms with E-state index in [0.29, 0.717) is 25.9 Å². The zero-order valence-corrected chi connectivity index (χ0v) is 16.3. The quantitative estimate of drug-likeness (QED) is 0.865. The number of rotatable bonds is 3. The van der Waals surface area contributed by atoms with Crippen molar-refractivity contribution in [1.82, 2.24) is 10.2 Å². The van der Waals surface area contributed by atoms with Crippen LogP contribution in [0.1, 0.15) is 33.6 Å². The fourth-order valence-electron chi connectivity index (χ4n) is 2.73. The average molecular weight is 362 g/mol. The Labute approximate surface area is 155 Å². The number of carbonyl (C=O) groups excluding carboxylic acids is 2. The Morgan fingerprint density at radius 2 is 1.69 bits per heavy atom. The summed E-state index contributed by atoms with van der Waals surface area (Å²) in [6, 6.07) is 7.48. The largest absolute Gasteiger partial charge is 0.444 e. The highest BCUT2D eigenvalue weighted by molar-refractivity contribution is 5.89. The van der Waals surface area contributed by atoms with Crippen molar-refractivity contribution in [2.45, 2.75) is 45.3 Å². The van der Waals surface area contributed by atoms with Gasteiger partial charge in [0.1, 0.15) is 5.60 Å². The third kappa shape index (κ3) is 6.13. The smallest absolute Gasteiger partial charge is 0.410 e. The van der Waals surface area contributed by atoms with Crippen molar-refractivity contribution in [2.24, 2.45) is 0 Å². The van der Waals surface area contributed by atoms with Crippen molar-refractivity contribution in [3.63, 3.8) is 0 Å². The molecular weight excluding hydrogens is 332 g/mol. The molecule has 144 valence electrons. The highest BCUT2D eigenvalue weighted by Gasteiger charge is 2.27. The molecule has 0 atom stereocenters. The molecule has 26 heavy (non-hydrogen) atoms. The molecule has 0 aliphatic carbocycles. The van der Waals surface area contributed by atoms with E-state index in [4.69, 9.17) is 4.74 Å². The molecule has 1 saturated heterocycles. The minimum atomic E-state index is -0.492. The van der Waals surface area contributed by atoms with Crippen LogP contribution in [-0.2, 0) is 4.74 Å². The number of hydrogen-bond acceptors (Lipinski definition) is 4. The lowest BCUT2D eigenvalue weighted by Crippen LogP contribution is -2.48. The van der Waals surface area contributed by atoms with Crippen LogP contribution in [0.2, 0.25) is 0 Å². The fourth-order valence-corrected chi connectivity index (χ4v) is 2.73. The zero-order valence-electron chi connectivity index (χ0n) is 16.3. The molecule has 0 aromatic heterocycles. The maximum Gasteiger partial charge on any atom is 0.410 e. The molecule has 1 aromatic carbocycles. The number of carbonyl (C=O) groups is 2. The molecule has 1 aromatic rings. The SMILES string of the molecule is CN(C)c1ccc(NC(=O)NC2CCN(C(=O)OC(C)(C)C)CC2)cc1. The van der Waals surface area contributed by atoms with Gasteiger partial charge in [0.2, 0.25) is 0 Å². The van der Waals surface area contributed by atoms with E-state index in [1.165, 1.54) is 0 Å². The Hall–Kier alpha value is -2.44. The van der Waals surface area contributed by atoms with Gasteiger partial charge in [-0.3, -0.25) is 0 Å². The Morgan fingerprint density at radius 3 is 2.19 bits per heavy atom. The second-order valence-electron chi connectivity index (χ2n) is 7.78. The van der Waals surface area contributed by atoms with Crippen LogP contribution in [-0.4, -0.2) is 55.9 Å². The zero-order chi connectivity index (χ0) is 19.3.